The van der Waals surface area contributed by atoms with Gasteiger partial charge in [0.2, 0.25) is 0 Å². The van der Waals surface area contributed by atoms with E-state index in [9.17, 15) is 13.6 Å². The van der Waals surface area contributed by atoms with Crippen molar-refractivity contribution in [3.8, 4) is 5.69 Å². The molecular formula is C19H16F2N4OS. The van der Waals surface area contributed by atoms with E-state index in [1.807, 2.05) is 31.2 Å². The molecule has 0 bridgehead atoms. The number of rotatable bonds is 4. The van der Waals surface area contributed by atoms with Crippen LogP contribution in [-0.2, 0) is 0 Å². The Balaban J connectivity index is 1.88. The average Bonchev–Trinajstić information content (AvgIpc) is 3.01. The Labute approximate surface area is 157 Å². The number of aryl methyl sites for hydroxylation is 1. The number of nitrogens with zero attached hydrogens (tertiary/aromatic N) is 3. The topological polar surface area (TPSA) is 59.8 Å². The van der Waals surface area contributed by atoms with Crippen LogP contribution < -0.4 is 10.9 Å². The zero-order valence-electron chi connectivity index (χ0n) is 14.7. The number of nitrogens with one attached hydrogen (secondary N) is 1. The number of hydrogen-bond acceptors (Lipinski definition) is 5. The van der Waals surface area contributed by atoms with Gasteiger partial charge in [0, 0.05) is 18.8 Å². The van der Waals surface area contributed by atoms with Crippen LogP contribution in [0.15, 0.2) is 47.7 Å². The van der Waals surface area contributed by atoms with Gasteiger partial charge in [-0.15, -0.1) is 11.3 Å². The quantitative estimate of drug-likeness (QED) is 0.566. The highest BCUT2D eigenvalue weighted by Crippen LogP contribution is 2.34. The molecule has 0 fully saturated rings. The van der Waals surface area contributed by atoms with Gasteiger partial charge in [-0.2, -0.15) is 0 Å². The van der Waals surface area contributed by atoms with Gasteiger partial charge in [-0.3, -0.25) is 9.36 Å². The van der Waals surface area contributed by atoms with Gasteiger partial charge in [-0.25, -0.2) is 18.7 Å². The minimum Gasteiger partial charge on any atom is -0.378 e. The highest BCUT2D eigenvalue weighted by atomic mass is 32.1. The molecular weight excluding hydrogens is 370 g/mol. The predicted molar refractivity (Wildman–Crippen MR) is 104 cm³/mol. The van der Waals surface area contributed by atoms with Gasteiger partial charge < -0.3 is 5.32 Å². The van der Waals surface area contributed by atoms with Gasteiger partial charge in [-0.1, -0.05) is 17.7 Å². The monoisotopic (exact) mass is 386 g/mol. The number of benzene rings is 1. The van der Waals surface area contributed by atoms with E-state index >= 15 is 0 Å². The number of halogens is 2. The summed E-state index contributed by atoms with van der Waals surface area (Å²) < 4.78 is 28.4. The van der Waals surface area contributed by atoms with Crippen LogP contribution >= 0.6 is 11.3 Å². The Hall–Kier alpha value is -2.87. The summed E-state index contributed by atoms with van der Waals surface area (Å²) in [6.07, 6.45) is 3.00. The molecule has 27 heavy (non-hydrogen) atoms. The van der Waals surface area contributed by atoms with Gasteiger partial charge in [-0.05, 0) is 25.1 Å². The largest absolute Gasteiger partial charge is 0.378 e. The molecule has 0 aliphatic heterocycles. The van der Waals surface area contributed by atoms with Crippen LogP contribution in [0, 0.1) is 6.92 Å². The van der Waals surface area contributed by atoms with Crippen molar-refractivity contribution in [2.24, 2.45) is 0 Å². The molecule has 0 saturated heterocycles. The van der Waals surface area contributed by atoms with Crippen LogP contribution in [0.3, 0.4) is 0 Å². The number of fused-ring (bicyclic) bond motifs is 3. The lowest BCUT2D eigenvalue weighted by Crippen LogP contribution is -2.22. The van der Waals surface area contributed by atoms with E-state index in [1.54, 1.807) is 6.07 Å². The fourth-order valence-corrected chi connectivity index (χ4v) is 3.89. The van der Waals surface area contributed by atoms with E-state index in [0.717, 1.165) is 18.2 Å². The van der Waals surface area contributed by atoms with Crippen molar-refractivity contribution >= 4 is 37.5 Å². The van der Waals surface area contributed by atoms with E-state index in [1.165, 1.54) is 28.4 Å². The summed E-state index contributed by atoms with van der Waals surface area (Å²) >= 11 is 1.21. The Morgan fingerprint density at radius 1 is 1.19 bits per heavy atom. The minimum atomic E-state index is -2.85. The molecule has 0 aliphatic carbocycles. The van der Waals surface area contributed by atoms with Crippen molar-refractivity contribution in [1.82, 2.24) is 14.5 Å². The Bertz CT molecular complexity index is 1190. The molecule has 3 heterocycles. The maximum absolute atomic E-state index is 13.2. The van der Waals surface area contributed by atoms with Crippen LogP contribution in [-0.4, -0.2) is 27.0 Å². The summed E-state index contributed by atoms with van der Waals surface area (Å²) in [4.78, 5) is 22.3. The lowest BCUT2D eigenvalue weighted by Gasteiger charge is -2.13. The number of aromatic nitrogens is 3. The molecule has 0 atom stereocenters. The van der Waals surface area contributed by atoms with Crippen molar-refractivity contribution in [2.45, 2.75) is 19.8 Å². The molecule has 3 aromatic heterocycles. The fraction of sp³-hybridized carbons (Fsp3) is 0.211. The molecule has 0 saturated carbocycles. The van der Waals surface area contributed by atoms with E-state index in [-0.39, 0.29) is 5.56 Å². The van der Waals surface area contributed by atoms with Gasteiger partial charge in [0.15, 0.2) is 0 Å². The highest BCUT2D eigenvalue weighted by Gasteiger charge is 2.22. The lowest BCUT2D eigenvalue weighted by molar-refractivity contribution is 0.0368. The van der Waals surface area contributed by atoms with E-state index in [4.69, 9.17) is 0 Å². The van der Waals surface area contributed by atoms with Crippen LogP contribution in [0.1, 0.15) is 12.5 Å². The molecule has 4 aromatic rings. The molecule has 0 unspecified atom stereocenters. The normalized spacial score (nSPS) is 12.0. The molecule has 1 aromatic carbocycles. The number of alkyl halides is 2. The zero-order valence-corrected chi connectivity index (χ0v) is 15.5. The van der Waals surface area contributed by atoms with Crippen LogP contribution in [0.5, 0.6) is 0 Å². The van der Waals surface area contributed by atoms with Crippen molar-refractivity contribution in [1.29, 1.82) is 0 Å². The summed E-state index contributed by atoms with van der Waals surface area (Å²) in [6, 6.07) is 9.17. The van der Waals surface area contributed by atoms with Crippen LogP contribution in [0.4, 0.5) is 14.5 Å². The summed E-state index contributed by atoms with van der Waals surface area (Å²) in [7, 11) is 0. The number of thiophene rings is 1. The molecule has 0 aliphatic rings. The molecule has 0 amide bonds. The van der Waals surface area contributed by atoms with Crippen molar-refractivity contribution < 1.29 is 8.78 Å². The smallest absolute Gasteiger partial charge is 0.275 e. The first-order valence-electron chi connectivity index (χ1n) is 8.31. The molecule has 5 nitrogen and oxygen atoms in total. The summed E-state index contributed by atoms with van der Waals surface area (Å²) in [5.74, 6) is -2.85. The highest BCUT2D eigenvalue weighted by molar-refractivity contribution is 7.25. The van der Waals surface area contributed by atoms with Gasteiger partial charge in [0.05, 0.1) is 23.1 Å². The number of pyridine rings is 1. The number of anilines is 1. The van der Waals surface area contributed by atoms with Crippen LogP contribution in [0.25, 0.3) is 26.1 Å². The maximum atomic E-state index is 13.2. The third kappa shape index (κ3) is 3.28. The second-order valence-electron chi connectivity index (χ2n) is 6.50. The average molecular weight is 386 g/mol. The van der Waals surface area contributed by atoms with Crippen molar-refractivity contribution in [3.63, 3.8) is 0 Å². The Morgan fingerprint density at radius 3 is 2.63 bits per heavy atom. The van der Waals surface area contributed by atoms with E-state index in [2.05, 4.69) is 15.3 Å². The van der Waals surface area contributed by atoms with Gasteiger partial charge in [0.1, 0.15) is 15.9 Å². The van der Waals surface area contributed by atoms with Crippen molar-refractivity contribution in [3.05, 3.63) is 58.8 Å². The lowest BCUT2D eigenvalue weighted by atomic mass is 10.2. The Kier molecular flexibility index (Phi) is 4.15. The van der Waals surface area contributed by atoms with Gasteiger partial charge >= 0.3 is 0 Å². The standard InChI is InChI=1S/C19H16F2N4OS/c1-11-3-5-12(6-4-11)25-10-24-15-14-13(23-9-19(2,20)21)7-8-22-17(14)27-16(15)18(25)26/h3-8,10H,9H2,1-2H3,(H,22,23). The molecule has 138 valence electrons. The first-order valence-corrected chi connectivity index (χ1v) is 9.13. The van der Waals surface area contributed by atoms with Crippen LogP contribution in [0.2, 0.25) is 0 Å². The van der Waals surface area contributed by atoms with Crippen molar-refractivity contribution in [2.75, 3.05) is 11.9 Å². The fourth-order valence-electron chi connectivity index (χ4n) is 2.84. The molecule has 4 rings (SSSR count). The second-order valence-corrected chi connectivity index (χ2v) is 7.50. The molecule has 0 radical (unpaired) electrons. The maximum Gasteiger partial charge on any atom is 0.275 e. The zero-order chi connectivity index (χ0) is 19.2. The minimum absolute atomic E-state index is 0.210. The Morgan fingerprint density at radius 2 is 1.93 bits per heavy atom. The van der Waals surface area contributed by atoms with E-state index in [0.29, 0.717) is 26.1 Å². The third-order valence-electron chi connectivity index (χ3n) is 4.18. The summed E-state index contributed by atoms with van der Waals surface area (Å²) in [6.45, 7) is 2.31. The molecule has 0 spiro atoms. The van der Waals surface area contributed by atoms with Gasteiger partial charge in [0.25, 0.3) is 11.5 Å². The first-order chi connectivity index (χ1) is 12.8. The SMILES string of the molecule is Cc1ccc(-n2cnc3c(sc4nccc(NCC(C)(F)F)c43)c2=O)cc1. The second kappa shape index (κ2) is 6.38. The summed E-state index contributed by atoms with van der Waals surface area (Å²) in [5, 5.41) is 3.34. The van der Waals surface area contributed by atoms with E-state index < -0.39 is 12.5 Å². The molecule has 1 N–H and O–H groups in total. The summed E-state index contributed by atoms with van der Waals surface area (Å²) in [5.41, 5.74) is 2.56. The first kappa shape index (κ1) is 17.5. The molecule has 8 heteroatoms. The number of hydrogen-bond donors (Lipinski definition) is 1. The third-order valence-corrected chi connectivity index (χ3v) is 5.26. The predicted octanol–water partition coefficient (Wildman–Crippen LogP) is 4.37.